The van der Waals surface area contributed by atoms with Crippen molar-refractivity contribution in [3.05, 3.63) is 23.0 Å². The number of nitrogens with one attached hydrogen (secondary N) is 1. The summed E-state index contributed by atoms with van der Waals surface area (Å²) in [6.07, 6.45) is 2.36. The molecule has 0 amide bonds. The number of aromatic nitrogens is 1. The highest BCUT2D eigenvalue weighted by atomic mass is 16.4. The van der Waals surface area contributed by atoms with E-state index in [1.807, 2.05) is 6.92 Å². The van der Waals surface area contributed by atoms with Gasteiger partial charge in [0.2, 0.25) is 0 Å². The van der Waals surface area contributed by atoms with Gasteiger partial charge in [-0.05, 0) is 24.5 Å². The first-order valence-electron chi connectivity index (χ1n) is 4.13. The van der Waals surface area contributed by atoms with Crippen LogP contribution in [0.2, 0.25) is 0 Å². The number of H-pyrrole nitrogens is 1. The zero-order chi connectivity index (χ0) is 9.84. The van der Waals surface area contributed by atoms with Crippen LogP contribution in [0.4, 0.5) is 0 Å². The minimum absolute atomic E-state index is 0.0667. The van der Waals surface area contributed by atoms with Crippen LogP contribution in [0.15, 0.2) is 6.20 Å². The maximum atomic E-state index is 10.3. The van der Waals surface area contributed by atoms with Crippen LogP contribution in [0.1, 0.15) is 23.2 Å². The van der Waals surface area contributed by atoms with E-state index in [2.05, 4.69) is 4.98 Å². The number of aliphatic hydroxyl groups is 1. The molecule has 0 aliphatic rings. The van der Waals surface area contributed by atoms with Crippen molar-refractivity contribution in [1.29, 1.82) is 0 Å². The molecule has 0 spiro atoms. The van der Waals surface area contributed by atoms with Gasteiger partial charge in [-0.3, -0.25) is 4.79 Å². The first-order chi connectivity index (χ1) is 6.15. The molecule has 13 heavy (non-hydrogen) atoms. The summed E-state index contributed by atoms with van der Waals surface area (Å²) >= 11 is 0. The molecule has 1 aromatic rings. The highest BCUT2D eigenvalue weighted by Gasteiger charge is 2.08. The second kappa shape index (κ2) is 4.09. The lowest BCUT2D eigenvalue weighted by Gasteiger charge is -2.00. The van der Waals surface area contributed by atoms with E-state index in [9.17, 15) is 4.79 Å². The van der Waals surface area contributed by atoms with Gasteiger partial charge in [0.15, 0.2) is 0 Å². The van der Waals surface area contributed by atoms with E-state index in [0.717, 1.165) is 16.8 Å². The molecule has 0 fully saturated rings. The zero-order valence-electron chi connectivity index (χ0n) is 7.50. The van der Waals surface area contributed by atoms with Gasteiger partial charge in [0.05, 0.1) is 6.61 Å². The molecule has 1 heterocycles. The van der Waals surface area contributed by atoms with E-state index >= 15 is 0 Å². The predicted octanol–water partition coefficient (Wildman–Crippen LogP) is 0.833. The van der Waals surface area contributed by atoms with Crippen molar-refractivity contribution in [2.45, 2.75) is 26.4 Å². The highest BCUT2D eigenvalue weighted by molar-refractivity contribution is 5.67. The molecule has 3 N–H and O–H groups in total. The van der Waals surface area contributed by atoms with Crippen molar-refractivity contribution in [3.8, 4) is 0 Å². The molecule has 0 aliphatic carbocycles. The maximum absolute atomic E-state index is 10.3. The fraction of sp³-hybridized carbons (Fsp3) is 0.444. The fourth-order valence-electron chi connectivity index (χ4n) is 1.33. The number of rotatable bonds is 4. The summed E-state index contributed by atoms with van der Waals surface area (Å²) in [6.45, 7) is 1.83. The van der Waals surface area contributed by atoms with Crippen LogP contribution in [0.3, 0.4) is 0 Å². The molecular weight excluding hydrogens is 170 g/mol. The monoisotopic (exact) mass is 183 g/mol. The van der Waals surface area contributed by atoms with Gasteiger partial charge < -0.3 is 15.2 Å². The van der Waals surface area contributed by atoms with Crippen LogP contribution in [-0.2, 0) is 17.8 Å². The number of carbonyl (C=O) groups is 1. The third-order valence-corrected chi connectivity index (χ3v) is 2.05. The lowest BCUT2D eigenvalue weighted by atomic mass is 10.1. The second-order valence-corrected chi connectivity index (χ2v) is 2.98. The van der Waals surface area contributed by atoms with Crippen LogP contribution >= 0.6 is 0 Å². The highest BCUT2D eigenvalue weighted by Crippen LogP contribution is 2.15. The summed E-state index contributed by atoms with van der Waals surface area (Å²) in [7, 11) is 0. The van der Waals surface area contributed by atoms with Gasteiger partial charge in [0, 0.05) is 18.3 Å². The Kier molecular flexibility index (Phi) is 3.08. The van der Waals surface area contributed by atoms with Crippen molar-refractivity contribution >= 4 is 5.97 Å². The summed E-state index contributed by atoms with van der Waals surface area (Å²) in [6, 6.07) is 0. The van der Waals surface area contributed by atoms with Crippen LogP contribution < -0.4 is 0 Å². The van der Waals surface area contributed by atoms with Crippen LogP contribution in [0, 0.1) is 6.92 Å². The molecule has 0 saturated heterocycles. The molecule has 0 saturated carbocycles. The molecule has 1 rings (SSSR count). The van der Waals surface area contributed by atoms with Crippen molar-refractivity contribution in [2.75, 3.05) is 0 Å². The number of aliphatic carboxylic acids is 1. The lowest BCUT2D eigenvalue weighted by molar-refractivity contribution is -0.136. The molecule has 0 aliphatic heterocycles. The summed E-state index contributed by atoms with van der Waals surface area (Å²) in [4.78, 5) is 13.2. The van der Waals surface area contributed by atoms with Crippen molar-refractivity contribution < 1.29 is 15.0 Å². The average molecular weight is 183 g/mol. The molecule has 0 aromatic carbocycles. The molecular formula is C9H13NO3. The number of carboxylic acids is 1. The predicted molar refractivity (Wildman–Crippen MR) is 47.4 cm³/mol. The van der Waals surface area contributed by atoms with Crippen LogP contribution in [0.5, 0.6) is 0 Å². The van der Waals surface area contributed by atoms with Gasteiger partial charge >= 0.3 is 5.97 Å². The Morgan fingerprint density at radius 1 is 1.62 bits per heavy atom. The molecule has 0 atom stereocenters. The van der Waals surface area contributed by atoms with Crippen molar-refractivity contribution in [2.24, 2.45) is 0 Å². The van der Waals surface area contributed by atoms with Gasteiger partial charge in [0.1, 0.15) is 0 Å². The summed E-state index contributed by atoms with van der Waals surface area (Å²) < 4.78 is 0. The van der Waals surface area contributed by atoms with Gasteiger partial charge in [-0.25, -0.2) is 0 Å². The number of hydrogen-bond donors (Lipinski definition) is 3. The normalized spacial score (nSPS) is 10.3. The third-order valence-electron chi connectivity index (χ3n) is 2.05. The Balaban J connectivity index is 2.73. The minimum Gasteiger partial charge on any atom is -0.481 e. The van der Waals surface area contributed by atoms with E-state index in [-0.39, 0.29) is 13.0 Å². The quantitative estimate of drug-likeness (QED) is 0.647. The number of aliphatic hydroxyl groups excluding tert-OH is 1. The maximum Gasteiger partial charge on any atom is 0.303 e. The topological polar surface area (TPSA) is 73.3 Å². The Morgan fingerprint density at radius 2 is 2.31 bits per heavy atom. The first-order valence-corrected chi connectivity index (χ1v) is 4.13. The minimum atomic E-state index is -0.815. The molecule has 4 heteroatoms. The lowest BCUT2D eigenvalue weighted by Crippen LogP contribution is -2.00. The second-order valence-electron chi connectivity index (χ2n) is 2.98. The molecule has 0 radical (unpaired) electrons. The van der Waals surface area contributed by atoms with E-state index in [1.165, 1.54) is 0 Å². The van der Waals surface area contributed by atoms with E-state index < -0.39 is 5.97 Å². The number of aromatic amines is 1. The molecule has 0 unspecified atom stereocenters. The Hall–Kier alpha value is -1.29. The number of aryl methyl sites for hydroxylation is 1. The van der Waals surface area contributed by atoms with Crippen molar-refractivity contribution in [3.63, 3.8) is 0 Å². The zero-order valence-corrected chi connectivity index (χ0v) is 7.50. The Morgan fingerprint density at radius 3 is 2.85 bits per heavy atom. The van der Waals surface area contributed by atoms with E-state index in [4.69, 9.17) is 10.2 Å². The van der Waals surface area contributed by atoms with Crippen LogP contribution in [0.25, 0.3) is 0 Å². The van der Waals surface area contributed by atoms with Crippen molar-refractivity contribution in [1.82, 2.24) is 4.98 Å². The average Bonchev–Trinajstić information content (AvgIpc) is 2.43. The Labute approximate surface area is 76.2 Å². The smallest absolute Gasteiger partial charge is 0.303 e. The van der Waals surface area contributed by atoms with Gasteiger partial charge in [-0.2, -0.15) is 0 Å². The van der Waals surface area contributed by atoms with E-state index in [1.54, 1.807) is 6.20 Å². The van der Waals surface area contributed by atoms with Gasteiger partial charge in [-0.1, -0.05) is 0 Å². The fourth-order valence-corrected chi connectivity index (χ4v) is 1.33. The molecule has 4 nitrogen and oxygen atoms in total. The standard InChI is InChI=1S/C9H13NO3/c1-6-4-10-8(5-11)7(6)2-3-9(12)13/h4,10-11H,2-3,5H2,1H3,(H,12,13). The molecule has 0 bridgehead atoms. The summed E-state index contributed by atoms with van der Waals surface area (Å²) in [5.74, 6) is -0.815. The SMILES string of the molecule is Cc1c[nH]c(CO)c1CCC(=O)O. The number of carboxylic acid groups (broad SMARTS) is 1. The van der Waals surface area contributed by atoms with Gasteiger partial charge in [-0.15, -0.1) is 0 Å². The first kappa shape index (κ1) is 9.80. The van der Waals surface area contributed by atoms with Crippen LogP contribution in [-0.4, -0.2) is 21.2 Å². The van der Waals surface area contributed by atoms with Gasteiger partial charge in [0.25, 0.3) is 0 Å². The largest absolute Gasteiger partial charge is 0.481 e. The molecule has 72 valence electrons. The Bertz CT molecular complexity index is 304. The summed E-state index contributed by atoms with van der Waals surface area (Å²) in [5.41, 5.74) is 2.65. The molecule has 1 aromatic heterocycles. The van der Waals surface area contributed by atoms with E-state index in [0.29, 0.717) is 6.42 Å². The number of hydrogen-bond acceptors (Lipinski definition) is 2. The summed E-state index contributed by atoms with van der Waals surface area (Å²) in [5, 5.41) is 17.4. The third kappa shape index (κ3) is 2.32.